The van der Waals surface area contributed by atoms with E-state index in [0.717, 1.165) is 56.7 Å². The number of benzene rings is 1. The number of nitrogens with one attached hydrogen (secondary N) is 1. The predicted octanol–water partition coefficient (Wildman–Crippen LogP) is 0.722. The van der Waals surface area contributed by atoms with Crippen molar-refractivity contribution in [3.8, 4) is 0 Å². The van der Waals surface area contributed by atoms with Crippen LogP contribution in [0.15, 0.2) is 46.0 Å². The third-order valence-electron chi connectivity index (χ3n) is 7.03. The average molecular weight is 469 g/mol. The van der Waals surface area contributed by atoms with Crippen molar-refractivity contribution in [1.82, 2.24) is 19.4 Å². The number of carbonyl (C=O) groups is 1. The number of hydrogen-bond acceptors (Lipinski definition) is 6. The van der Waals surface area contributed by atoms with Crippen LogP contribution in [-0.4, -0.2) is 72.3 Å². The molecule has 1 N–H and O–H groups in total. The van der Waals surface area contributed by atoms with Gasteiger partial charge in [-0.25, -0.2) is 4.79 Å². The second kappa shape index (κ2) is 10.9. The number of nitrogens with zero attached hydrogens (tertiary/aromatic N) is 5. The molecule has 1 aromatic carbocycles. The fraction of sp³-hybridized carbons (Fsp3) is 0.560. The van der Waals surface area contributed by atoms with Crippen LogP contribution in [0.1, 0.15) is 19.8 Å². The maximum atomic E-state index is 12.9. The molecule has 0 bridgehead atoms. The van der Waals surface area contributed by atoms with Gasteiger partial charge in [0.15, 0.2) is 0 Å². The second-order valence-corrected chi connectivity index (χ2v) is 9.17. The van der Waals surface area contributed by atoms with Crippen LogP contribution in [-0.2, 0) is 18.4 Å². The van der Waals surface area contributed by atoms with Crippen LogP contribution < -0.4 is 26.4 Å². The van der Waals surface area contributed by atoms with Crippen LogP contribution in [0.25, 0.3) is 0 Å². The quantitative estimate of drug-likeness (QED) is 0.645. The van der Waals surface area contributed by atoms with E-state index >= 15 is 0 Å². The van der Waals surface area contributed by atoms with Crippen molar-refractivity contribution in [2.45, 2.75) is 26.3 Å². The number of amides is 1. The monoisotopic (exact) mass is 468 g/mol. The molecule has 2 aliphatic heterocycles. The van der Waals surface area contributed by atoms with Gasteiger partial charge in [-0.1, -0.05) is 18.2 Å². The Labute approximate surface area is 200 Å². The zero-order valence-electron chi connectivity index (χ0n) is 20.3. The van der Waals surface area contributed by atoms with E-state index < -0.39 is 0 Å². The summed E-state index contributed by atoms with van der Waals surface area (Å²) < 4.78 is 2.73. The van der Waals surface area contributed by atoms with Crippen molar-refractivity contribution in [2.24, 2.45) is 13.0 Å². The smallest absolute Gasteiger partial charge is 0.332 e. The zero-order chi connectivity index (χ0) is 24.1. The highest BCUT2D eigenvalue weighted by atomic mass is 16.2. The van der Waals surface area contributed by atoms with Gasteiger partial charge in [0.2, 0.25) is 5.91 Å². The second-order valence-electron chi connectivity index (χ2n) is 9.17. The fourth-order valence-corrected chi connectivity index (χ4v) is 4.97. The van der Waals surface area contributed by atoms with Crippen molar-refractivity contribution in [1.29, 1.82) is 0 Å². The topological polar surface area (TPSA) is 82.8 Å². The molecular weight excluding hydrogens is 432 g/mol. The van der Waals surface area contributed by atoms with Gasteiger partial charge in [0.25, 0.3) is 5.56 Å². The van der Waals surface area contributed by atoms with Gasteiger partial charge in [0.05, 0.1) is 5.92 Å². The number of para-hydroxylation sites is 1. The standard InChI is InChI=1S/C25H36N6O3/c1-3-31-22(18-23(32)27(2)25(31)34)30-12-7-8-20(19-30)24(33)26-11-13-28-14-16-29(17-15-28)21-9-5-4-6-10-21/h4-6,9-10,18,20H,3,7-8,11-17,19H2,1-2H3,(H,26,33). The summed E-state index contributed by atoms with van der Waals surface area (Å²) in [4.78, 5) is 44.4. The molecule has 2 aromatic rings. The number of piperidine rings is 1. The molecule has 1 unspecified atom stereocenters. The Balaban J connectivity index is 1.27. The molecule has 2 fully saturated rings. The number of aromatic nitrogens is 2. The van der Waals surface area contributed by atoms with E-state index in [9.17, 15) is 14.4 Å². The minimum absolute atomic E-state index is 0.0573. The molecular formula is C25H36N6O3. The summed E-state index contributed by atoms with van der Waals surface area (Å²) in [6.07, 6.45) is 1.67. The molecule has 2 saturated heterocycles. The van der Waals surface area contributed by atoms with E-state index in [2.05, 4.69) is 39.4 Å². The van der Waals surface area contributed by atoms with Crippen LogP contribution in [0, 0.1) is 5.92 Å². The summed E-state index contributed by atoms with van der Waals surface area (Å²) in [5, 5.41) is 3.12. The highest BCUT2D eigenvalue weighted by molar-refractivity contribution is 5.79. The lowest BCUT2D eigenvalue weighted by Gasteiger charge is -2.36. The van der Waals surface area contributed by atoms with Gasteiger partial charge in [-0.3, -0.25) is 23.6 Å². The van der Waals surface area contributed by atoms with E-state index in [-0.39, 0.29) is 23.1 Å². The molecule has 0 saturated carbocycles. The molecule has 1 atom stereocenters. The van der Waals surface area contributed by atoms with Crippen molar-refractivity contribution >= 4 is 17.4 Å². The maximum Gasteiger partial charge on any atom is 0.332 e. The summed E-state index contributed by atoms with van der Waals surface area (Å²) in [7, 11) is 1.49. The zero-order valence-corrected chi connectivity index (χ0v) is 20.3. The Morgan fingerprint density at radius 3 is 2.47 bits per heavy atom. The van der Waals surface area contributed by atoms with Gasteiger partial charge >= 0.3 is 5.69 Å². The largest absolute Gasteiger partial charge is 0.369 e. The molecule has 34 heavy (non-hydrogen) atoms. The molecule has 9 nitrogen and oxygen atoms in total. The van der Waals surface area contributed by atoms with Crippen LogP contribution in [0.3, 0.4) is 0 Å². The SMILES string of the molecule is CCn1c(N2CCCC(C(=O)NCCN3CCN(c4ccccc4)CC3)C2)cc(=O)n(C)c1=O. The van der Waals surface area contributed by atoms with Gasteiger partial charge in [0.1, 0.15) is 5.82 Å². The Kier molecular flexibility index (Phi) is 7.72. The van der Waals surface area contributed by atoms with Crippen molar-refractivity contribution in [3.05, 3.63) is 57.2 Å². The molecule has 0 spiro atoms. The lowest BCUT2D eigenvalue weighted by Crippen LogP contribution is -2.50. The van der Waals surface area contributed by atoms with Gasteiger partial charge in [-0.05, 0) is 31.9 Å². The summed E-state index contributed by atoms with van der Waals surface area (Å²) in [5.41, 5.74) is 0.634. The first-order chi connectivity index (χ1) is 16.5. The van der Waals surface area contributed by atoms with Crippen molar-refractivity contribution in [3.63, 3.8) is 0 Å². The third kappa shape index (κ3) is 5.35. The first-order valence-electron chi connectivity index (χ1n) is 12.3. The van der Waals surface area contributed by atoms with Gasteiger partial charge in [-0.2, -0.15) is 0 Å². The minimum atomic E-state index is -0.316. The highest BCUT2D eigenvalue weighted by Gasteiger charge is 2.28. The van der Waals surface area contributed by atoms with E-state index in [0.29, 0.717) is 25.5 Å². The van der Waals surface area contributed by atoms with Crippen LogP contribution in [0.5, 0.6) is 0 Å². The predicted molar refractivity (Wildman–Crippen MR) is 135 cm³/mol. The Hall–Kier alpha value is -3.07. The molecule has 1 amide bonds. The van der Waals surface area contributed by atoms with Crippen LogP contribution >= 0.6 is 0 Å². The first-order valence-corrected chi connectivity index (χ1v) is 12.3. The van der Waals surface area contributed by atoms with Gasteiger partial charge in [-0.15, -0.1) is 0 Å². The van der Waals surface area contributed by atoms with Crippen molar-refractivity contribution < 1.29 is 4.79 Å². The summed E-state index contributed by atoms with van der Waals surface area (Å²) >= 11 is 0. The highest BCUT2D eigenvalue weighted by Crippen LogP contribution is 2.22. The molecule has 1 aromatic heterocycles. The van der Waals surface area contributed by atoms with Gasteiger partial charge < -0.3 is 15.1 Å². The molecule has 4 rings (SSSR count). The van der Waals surface area contributed by atoms with E-state index in [1.807, 2.05) is 17.9 Å². The molecule has 184 valence electrons. The average Bonchev–Trinajstić information content (AvgIpc) is 2.88. The summed E-state index contributed by atoms with van der Waals surface area (Å²) in [6.45, 7) is 9.06. The Morgan fingerprint density at radius 1 is 1.03 bits per heavy atom. The van der Waals surface area contributed by atoms with Gasteiger partial charge in [0, 0.05) is 77.7 Å². The molecule has 2 aliphatic rings. The molecule has 9 heteroatoms. The number of piperazine rings is 1. The lowest BCUT2D eigenvalue weighted by atomic mass is 9.97. The Bertz CT molecular complexity index is 1090. The van der Waals surface area contributed by atoms with E-state index in [1.165, 1.54) is 18.8 Å². The van der Waals surface area contributed by atoms with Crippen molar-refractivity contribution in [2.75, 3.05) is 62.2 Å². The third-order valence-corrected chi connectivity index (χ3v) is 7.03. The number of carbonyl (C=O) groups excluding carboxylic acids is 1. The normalized spacial score (nSPS) is 19.3. The number of rotatable bonds is 7. The number of hydrogen-bond donors (Lipinski definition) is 1. The van der Waals surface area contributed by atoms with E-state index in [1.54, 1.807) is 4.57 Å². The van der Waals surface area contributed by atoms with Crippen LogP contribution in [0.2, 0.25) is 0 Å². The summed E-state index contributed by atoms with van der Waals surface area (Å²) in [6, 6.07) is 12.0. The fourth-order valence-electron chi connectivity index (χ4n) is 4.97. The molecule has 0 radical (unpaired) electrons. The van der Waals surface area contributed by atoms with E-state index in [4.69, 9.17) is 0 Å². The summed E-state index contributed by atoms with van der Waals surface area (Å²) in [5.74, 6) is 0.527. The minimum Gasteiger partial charge on any atom is -0.369 e. The molecule has 3 heterocycles. The number of anilines is 2. The lowest BCUT2D eigenvalue weighted by molar-refractivity contribution is -0.125. The molecule has 0 aliphatic carbocycles. The first kappa shape index (κ1) is 24.1. The van der Waals surface area contributed by atoms with Crippen LogP contribution in [0.4, 0.5) is 11.5 Å². The maximum absolute atomic E-state index is 12.9. The Morgan fingerprint density at radius 2 is 1.76 bits per heavy atom.